The average molecular weight is 462 g/mol. The number of rotatable bonds is 5. The second-order valence-electron chi connectivity index (χ2n) is 7.20. The van der Waals surface area contributed by atoms with Gasteiger partial charge >= 0.3 is 5.97 Å². The number of non-ortho nitro benzene ring substituents is 1. The number of carbonyl (C=O) groups is 1. The molecule has 0 aliphatic carbocycles. The van der Waals surface area contributed by atoms with Crippen molar-refractivity contribution in [2.75, 3.05) is 0 Å². The summed E-state index contributed by atoms with van der Waals surface area (Å²) in [6.07, 6.45) is 2.44. The lowest BCUT2D eigenvalue weighted by Gasteiger charge is -2.10. The number of ether oxygens (including phenoxy) is 1. The van der Waals surface area contributed by atoms with Crippen LogP contribution >= 0.6 is 11.6 Å². The first-order valence-electron chi connectivity index (χ1n) is 9.79. The van der Waals surface area contributed by atoms with Gasteiger partial charge in [0.15, 0.2) is 5.76 Å². The second kappa shape index (κ2) is 9.10. The SMILES string of the molecule is Cc1ccc(-c2oc3ccc(Cl)cc3c(=O)c2OC(=O)C=Cc2cccc([N+](=O)[O-])c2)cc1. The van der Waals surface area contributed by atoms with Gasteiger partial charge in [0.1, 0.15) is 5.58 Å². The monoisotopic (exact) mass is 461 g/mol. The molecule has 1 aromatic heterocycles. The van der Waals surface area contributed by atoms with Gasteiger partial charge in [0.2, 0.25) is 11.2 Å². The molecule has 0 saturated carbocycles. The molecule has 0 fully saturated rings. The van der Waals surface area contributed by atoms with E-state index in [9.17, 15) is 19.7 Å². The lowest BCUT2D eigenvalue weighted by Crippen LogP contribution is -2.14. The molecule has 0 spiro atoms. The van der Waals surface area contributed by atoms with Gasteiger partial charge in [-0.2, -0.15) is 0 Å². The van der Waals surface area contributed by atoms with Crippen molar-refractivity contribution >= 4 is 40.3 Å². The summed E-state index contributed by atoms with van der Waals surface area (Å²) in [5.41, 5.74) is 1.63. The number of esters is 1. The Morgan fingerprint density at radius 3 is 2.58 bits per heavy atom. The van der Waals surface area contributed by atoms with E-state index in [0.717, 1.165) is 11.6 Å². The van der Waals surface area contributed by atoms with Crippen LogP contribution in [0, 0.1) is 17.0 Å². The van der Waals surface area contributed by atoms with Gasteiger partial charge in [0.05, 0.1) is 10.3 Å². The Kier molecular flexibility index (Phi) is 6.06. The maximum absolute atomic E-state index is 13.2. The van der Waals surface area contributed by atoms with Crippen molar-refractivity contribution in [3.05, 3.63) is 109 Å². The molecule has 0 saturated heterocycles. The van der Waals surface area contributed by atoms with E-state index in [2.05, 4.69) is 0 Å². The highest BCUT2D eigenvalue weighted by Gasteiger charge is 2.20. The Bertz CT molecular complexity index is 1470. The molecule has 0 aliphatic heterocycles. The Hall–Kier alpha value is -4.23. The molecule has 0 atom stereocenters. The Morgan fingerprint density at radius 2 is 1.85 bits per heavy atom. The quantitative estimate of drug-likeness (QED) is 0.157. The van der Waals surface area contributed by atoms with Gasteiger partial charge in [-0.3, -0.25) is 14.9 Å². The van der Waals surface area contributed by atoms with Crippen molar-refractivity contribution in [2.45, 2.75) is 6.92 Å². The molecule has 7 nitrogen and oxygen atoms in total. The zero-order valence-electron chi connectivity index (χ0n) is 17.3. The zero-order valence-corrected chi connectivity index (χ0v) is 18.0. The highest BCUT2D eigenvalue weighted by Crippen LogP contribution is 2.32. The molecule has 164 valence electrons. The number of aryl methyl sites for hydroxylation is 1. The Morgan fingerprint density at radius 1 is 1.09 bits per heavy atom. The maximum atomic E-state index is 13.2. The first-order chi connectivity index (χ1) is 15.8. The Balaban J connectivity index is 1.74. The number of halogens is 1. The number of nitrogens with zero attached hydrogens (tertiary/aromatic N) is 1. The van der Waals surface area contributed by atoms with Gasteiger partial charge in [0, 0.05) is 28.8 Å². The van der Waals surface area contributed by atoms with Crippen LogP contribution < -0.4 is 10.2 Å². The largest absolute Gasteiger partial charge is 0.452 e. The summed E-state index contributed by atoms with van der Waals surface area (Å²) in [4.78, 5) is 36.1. The van der Waals surface area contributed by atoms with Gasteiger partial charge < -0.3 is 9.15 Å². The van der Waals surface area contributed by atoms with E-state index >= 15 is 0 Å². The fourth-order valence-corrected chi connectivity index (χ4v) is 3.35. The van der Waals surface area contributed by atoms with Crippen molar-refractivity contribution in [1.82, 2.24) is 0 Å². The van der Waals surface area contributed by atoms with Gasteiger partial charge in [-0.25, -0.2) is 4.79 Å². The van der Waals surface area contributed by atoms with Crippen LogP contribution in [0.5, 0.6) is 5.75 Å². The fourth-order valence-electron chi connectivity index (χ4n) is 3.18. The van der Waals surface area contributed by atoms with Crippen molar-refractivity contribution in [3.8, 4) is 17.1 Å². The van der Waals surface area contributed by atoms with Gasteiger partial charge in [0.25, 0.3) is 5.69 Å². The molecule has 33 heavy (non-hydrogen) atoms. The second-order valence-corrected chi connectivity index (χ2v) is 7.64. The van der Waals surface area contributed by atoms with E-state index in [1.54, 1.807) is 30.3 Å². The van der Waals surface area contributed by atoms with Gasteiger partial charge in [-0.15, -0.1) is 0 Å². The van der Waals surface area contributed by atoms with Gasteiger partial charge in [-0.05, 0) is 36.8 Å². The van der Waals surface area contributed by atoms with Crippen LogP contribution in [0.25, 0.3) is 28.4 Å². The van der Waals surface area contributed by atoms with E-state index in [1.807, 2.05) is 19.1 Å². The van der Waals surface area contributed by atoms with Crippen LogP contribution in [-0.4, -0.2) is 10.9 Å². The predicted octanol–water partition coefficient (Wildman–Crippen LogP) is 5.95. The van der Waals surface area contributed by atoms with Gasteiger partial charge in [-0.1, -0.05) is 53.6 Å². The first kappa shape index (κ1) is 22.0. The van der Waals surface area contributed by atoms with E-state index in [-0.39, 0.29) is 22.6 Å². The maximum Gasteiger partial charge on any atom is 0.336 e. The summed E-state index contributed by atoms with van der Waals surface area (Å²) in [7, 11) is 0. The number of nitro groups is 1. The molecule has 8 heteroatoms. The van der Waals surface area contributed by atoms with Crippen molar-refractivity contribution in [1.29, 1.82) is 0 Å². The minimum absolute atomic E-state index is 0.104. The number of carbonyl (C=O) groups excluding carboxylic acids is 1. The minimum atomic E-state index is -0.844. The molecule has 1 heterocycles. The normalized spacial score (nSPS) is 11.1. The number of benzene rings is 3. The van der Waals surface area contributed by atoms with E-state index in [1.165, 1.54) is 30.3 Å². The molecular weight excluding hydrogens is 446 g/mol. The third-order valence-electron chi connectivity index (χ3n) is 4.82. The Labute approximate surface area is 192 Å². The molecular formula is C25H16ClNO6. The van der Waals surface area contributed by atoms with E-state index < -0.39 is 16.3 Å². The van der Waals surface area contributed by atoms with E-state index in [4.69, 9.17) is 20.8 Å². The number of nitro benzene ring substituents is 1. The minimum Gasteiger partial charge on any atom is -0.452 e. The zero-order chi connectivity index (χ0) is 23.5. The van der Waals surface area contributed by atoms with Crippen LogP contribution in [0.2, 0.25) is 5.02 Å². The average Bonchev–Trinajstić information content (AvgIpc) is 2.80. The molecule has 4 aromatic rings. The van der Waals surface area contributed by atoms with Crippen molar-refractivity contribution in [2.24, 2.45) is 0 Å². The molecule has 0 aliphatic rings. The first-order valence-corrected chi connectivity index (χ1v) is 10.2. The summed E-state index contributed by atoms with van der Waals surface area (Å²) >= 11 is 6.03. The number of fused-ring (bicyclic) bond motifs is 1. The molecule has 0 bridgehead atoms. The van der Waals surface area contributed by atoms with Crippen LogP contribution in [0.1, 0.15) is 11.1 Å². The molecule has 0 radical (unpaired) electrons. The summed E-state index contributed by atoms with van der Waals surface area (Å²) in [6, 6.07) is 17.6. The highest BCUT2D eigenvalue weighted by atomic mass is 35.5. The van der Waals surface area contributed by atoms with Crippen LogP contribution in [0.3, 0.4) is 0 Å². The van der Waals surface area contributed by atoms with Crippen molar-refractivity contribution in [3.63, 3.8) is 0 Å². The van der Waals surface area contributed by atoms with Crippen LogP contribution in [0.15, 0.2) is 82.0 Å². The molecule has 4 rings (SSSR count). The van der Waals surface area contributed by atoms with Crippen molar-refractivity contribution < 1.29 is 18.9 Å². The number of hydrogen-bond donors (Lipinski definition) is 0. The lowest BCUT2D eigenvalue weighted by atomic mass is 10.1. The third-order valence-corrected chi connectivity index (χ3v) is 5.06. The highest BCUT2D eigenvalue weighted by molar-refractivity contribution is 6.31. The summed E-state index contributed by atoms with van der Waals surface area (Å²) in [5, 5.41) is 11.4. The third kappa shape index (κ3) is 4.83. The summed E-state index contributed by atoms with van der Waals surface area (Å²) in [6.45, 7) is 1.92. The van der Waals surface area contributed by atoms with E-state index in [0.29, 0.717) is 21.7 Å². The molecule has 0 unspecified atom stereocenters. The van der Waals surface area contributed by atoms with Crippen LogP contribution in [0.4, 0.5) is 5.69 Å². The summed E-state index contributed by atoms with van der Waals surface area (Å²) in [5.74, 6) is -1.02. The predicted molar refractivity (Wildman–Crippen MR) is 125 cm³/mol. The summed E-state index contributed by atoms with van der Waals surface area (Å²) < 4.78 is 11.3. The smallest absolute Gasteiger partial charge is 0.336 e. The van der Waals surface area contributed by atoms with Crippen LogP contribution in [-0.2, 0) is 4.79 Å². The molecule has 3 aromatic carbocycles. The lowest BCUT2D eigenvalue weighted by molar-refractivity contribution is -0.384. The fraction of sp³-hybridized carbons (Fsp3) is 0.0400. The number of hydrogen-bond acceptors (Lipinski definition) is 6. The standard InChI is InChI=1S/C25H16ClNO6/c1-15-5-8-17(9-6-15)24-25(23(29)20-14-18(26)10-11-21(20)32-24)33-22(28)12-7-16-3-2-4-19(13-16)27(30)31/h2-14H,1H3. The topological polar surface area (TPSA) is 99.7 Å². The molecule has 0 N–H and O–H groups in total. The molecule has 0 amide bonds.